The first-order valence-corrected chi connectivity index (χ1v) is 12.6. The van der Waals surface area contributed by atoms with E-state index in [1.165, 1.54) is 16.3 Å². The van der Waals surface area contributed by atoms with Gasteiger partial charge in [-0.25, -0.2) is 13.1 Å². The van der Waals surface area contributed by atoms with Gasteiger partial charge in [-0.15, -0.1) is 22.7 Å². The van der Waals surface area contributed by atoms with Crippen molar-refractivity contribution in [3.8, 4) is 0 Å². The molecule has 7 nitrogen and oxygen atoms in total. The standard InChI is InChI=1S/C18H27N5O2S3/c1-3-19-18(23-12-10-22(11-13-23)16-5-4-14-26-16)20-8-9-21-28(24,25)17-7-6-15(2)27-17/h4-7,14,21H,3,8-13H2,1-2H3,(H,19,20). The van der Waals surface area contributed by atoms with Crippen LogP contribution in [0, 0.1) is 6.92 Å². The predicted octanol–water partition coefficient (Wildman–Crippen LogP) is 2.18. The Morgan fingerprint density at radius 2 is 2.00 bits per heavy atom. The van der Waals surface area contributed by atoms with Crippen LogP contribution in [0.1, 0.15) is 11.8 Å². The molecule has 2 N–H and O–H groups in total. The van der Waals surface area contributed by atoms with E-state index < -0.39 is 10.0 Å². The largest absolute Gasteiger partial charge is 0.360 e. The van der Waals surface area contributed by atoms with E-state index in [2.05, 4.69) is 42.3 Å². The van der Waals surface area contributed by atoms with Gasteiger partial charge in [-0.05, 0) is 43.5 Å². The zero-order valence-corrected chi connectivity index (χ0v) is 18.7. The molecule has 0 aromatic carbocycles. The Bertz CT molecular complexity index is 869. The third-order valence-corrected chi connectivity index (χ3v) is 8.26. The van der Waals surface area contributed by atoms with Crippen LogP contribution in [0.5, 0.6) is 0 Å². The quantitative estimate of drug-likeness (QED) is 0.391. The van der Waals surface area contributed by atoms with E-state index in [4.69, 9.17) is 0 Å². The molecule has 0 spiro atoms. The van der Waals surface area contributed by atoms with Gasteiger partial charge in [-0.1, -0.05) is 0 Å². The molecule has 154 valence electrons. The molecule has 1 fully saturated rings. The number of anilines is 1. The van der Waals surface area contributed by atoms with Gasteiger partial charge in [0, 0.05) is 44.1 Å². The zero-order chi connectivity index (χ0) is 20.0. The minimum Gasteiger partial charge on any atom is -0.360 e. The first-order valence-electron chi connectivity index (χ1n) is 9.37. The van der Waals surface area contributed by atoms with Crippen LogP contribution in [-0.4, -0.2) is 65.1 Å². The average molecular weight is 442 g/mol. The number of nitrogens with zero attached hydrogens (tertiary/aromatic N) is 3. The molecular weight excluding hydrogens is 414 g/mol. The summed E-state index contributed by atoms with van der Waals surface area (Å²) in [5.41, 5.74) is 0. The number of nitrogens with one attached hydrogen (secondary N) is 2. The molecule has 10 heteroatoms. The van der Waals surface area contributed by atoms with Crippen LogP contribution < -0.4 is 14.9 Å². The van der Waals surface area contributed by atoms with Gasteiger partial charge < -0.3 is 15.1 Å². The molecular formula is C18H27N5O2S3. The van der Waals surface area contributed by atoms with E-state index in [-0.39, 0.29) is 6.54 Å². The Kier molecular flexibility index (Phi) is 7.33. The van der Waals surface area contributed by atoms with Crippen LogP contribution in [0.3, 0.4) is 0 Å². The van der Waals surface area contributed by atoms with Gasteiger partial charge >= 0.3 is 0 Å². The molecule has 1 aliphatic rings. The lowest BCUT2D eigenvalue weighted by Crippen LogP contribution is -2.52. The van der Waals surface area contributed by atoms with E-state index >= 15 is 0 Å². The van der Waals surface area contributed by atoms with Crippen molar-refractivity contribution in [1.29, 1.82) is 0 Å². The monoisotopic (exact) mass is 441 g/mol. The number of guanidine groups is 1. The zero-order valence-electron chi connectivity index (χ0n) is 16.2. The summed E-state index contributed by atoms with van der Waals surface area (Å²) < 4.78 is 27.6. The number of thiophene rings is 2. The maximum absolute atomic E-state index is 12.3. The van der Waals surface area contributed by atoms with E-state index in [1.54, 1.807) is 17.4 Å². The number of piperazine rings is 1. The predicted molar refractivity (Wildman–Crippen MR) is 118 cm³/mol. The Labute approximate surface area is 175 Å². The van der Waals surface area contributed by atoms with Crippen molar-refractivity contribution >= 4 is 43.7 Å². The second-order valence-electron chi connectivity index (χ2n) is 6.42. The lowest BCUT2D eigenvalue weighted by atomic mass is 10.3. The fourth-order valence-corrected chi connectivity index (χ4v) is 6.12. The van der Waals surface area contributed by atoms with Gasteiger partial charge in [-0.2, -0.15) is 0 Å². The second-order valence-corrected chi connectivity index (χ2v) is 10.6. The van der Waals surface area contributed by atoms with Crippen LogP contribution in [0.25, 0.3) is 0 Å². The fourth-order valence-electron chi connectivity index (χ4n) is 2.98. The van der Waals surface area contributed by atoms with Gasteiger partial charge in [-0.3, -0.25) is 4.99 Å². The van der Waals surface area contributed by atoms with E-state index in [0.29, 0.717) is 10.8 Å². The van der Waals surface area contributed by atoms with Crippen LogP contribution >= 0.6 is 22.7 Å². The van der Waals surface area contributed by atoms with Crippen LogP contribution in [-0.2, 0) is 10.0 Å². The molecule has 0 atom stereocenters. The summed E-state index contributed by atoms with van der Waals surface area (Å²) in [6, 6.07) is 7.69. The number of sulfonamides is 1. The molecule has 3 rings (SSSR count). The second kappa shape index (κ2) is 9.73. The summed E-state index contributed by atoms with van der Waals surface area (Å²) in [5.74, 6) is 0.847. The average Bonchev–Trinajstić information content (AvgIpc) is 3.36. The first-order chi connectivity index (χ1) is 13.5. The molecule has 3 heterocycles. The number of rotatable bonds is 7. The third-order valence-electron chi connectivity index (χ3n) is 4.38. The van der Waals surface area contributed by atoms with E-state index in [0.717, 1.165) is 43.6 Å². The molecule has 28 heavy (non-hydrogen) atoms. The molecule has 0 aliphatic carbocycles. The van der Waals surface area contributed by atoms with Crippen LogP contribution in [0.4, 0.5) is 5.00 Å². The summed E-state index contributed by atoms with van der Waals surface area (Å²) in [6.45, 7) is 9.09. The number of aliphatic imine (C=N–C) groups is 1. The molecule has 0 bridgehead atoms. The maximum Gasteiger partial charge on any atom is 0.250 e. The lowest BCUT2D eigenvalue weighted by molar-refractivity contribution is 0.373. The van der Waals surface area contributed by atoms with E-state index in [9.17, 15) is 8.42 Å². The molecule has 0 unspecified atom stereocenters. The van der Waals surface area contributed by atoms with Crippen LogP contribution in [0.2, 0.25) is 0 Å². The fraction of sp³-hybridized carbons (Fsp3) is 0.500. The Hall–Kier alpha value is -1.62. The van der Waals surface area contributed by atoms with Crippen molar-refractivity contribution in [3.63, 3.8) is 0 Å². The van der Waals surface area contributed by atoms with E-state index in [1.807, 2.05) is 19.9 Å². The highest BCUT2D eigenvalue weighted by atomic mass is 32.2. The number of aryl methyl sites for hydroxylation is 1. The van der Waals surface area contributed by atoms with Crippen molar-refractivity contribution in [2.75, 3.05) is 50.7 Å². The van der Waals surface area contributed by atoms with Gasteiger partial charge in [0.25, 0.3) is 0 Å². The Morgan fingerprint density at radius 1 is 1.21 bits per heavy atom. The van der Waals surface area contributed by atoms with Gasteiger partial charge in [0.05, 0.1) is 11.5 Å². The molecule has 2 aromatic rings. The Balaban J connectivity index is 1.52. The first kappa shape index (κ1) is 21.1. The molecule has 2 aromatic heterocycles. The molecule has 0 radical (unpaired) electrons. The van der Waals surface area contributed by atoms with Crippen molar-refractivity contribution in [2.45, 2.75) is 18.1 Å². The van der Waals surface area contributed by atoms with Gasteiger partial charge in [0.1, 0.15) is 4.21 Å². The highest BCUT2D eigenvalue weighted by Crippen LogP contribution is 2.22. The summed E-state index contributed by atoms with van der Waals surface area (Å²) in [7, 11) is -3.45. The SMILES string of the molecule is CCNC(=NCCNS(=O)(=O)c1ccc(C)s1)N1CCN(c2cccs2)CC1. The topological polar surface area (TPSA) is 77.0 Å². The third kappa shape index (κ3) is 5.47. The highest BCUT2D eigenvalue weighted by Gasteiger charge is 2.20. The summed E-state index contributed by atoms with van der Waals surface area (Å²) >= 11 is 3.04. The normalized spacial score (nSPS) is 15.9. The minimum atomic E-state index is -3.45. The number of hydrogen-bond donors (Lipinski definition) is 2. The molecule has 0 amide bonds. The molecule has 1 saturated heterocycles. The summed E-state index contributed by atoms with van der Waals surface area (Å²) in [6.07, 6.45) is 0. The summed E-state index contributed by atoms with van der Waals surface area (Å²) in [4.78, 5) is 10.2. The van der Waals surface area contributed by atoms with Crippen molar-refractivity contribution in [1.82, 2.24) is 14.9 Å². The van der Waals surface area contributed by atoms with Crippen molar-refractivity contribution < 1.29 is 8.42 Å². The van der Waals surface area contributed by atoms with Crippen LogP contribution in [0.15, 0.2) is 38.8 Å². The van der Waals surface area contributed by atoms with Crippen molar-refractivity contribution in [2.24, 2.45) is 4.99 Å². The summed E-state index contributed by atoms with van der Waals surface area (Å²) in [5, 5.41) is 6.73. The number of hydrogen-bond acceptors (Lipinski definition) is 6. The van der Waals surface area contributed by atoms with Crippen molar-refractivity contribution in [3.05, 3.63) is 34.5 Å². The van der Waals surface area contributed by atoms with Gasteiger partial charge in [0.15, 0.2) is 5.96 Å². The highest BCUT2D eigenvalue weighted by molar-refractivity contribution is 7.91. The lowest BCUT2D eigenvalue weighted by Gasteiger charge is -2.37. The molecule has 1 aliphatic heterocycles. The minimum absolute atomic E-state index is 0.281. The maximum atomic E-state index is 12.3. The molecule has 0 saturated carbocycles. The van der Waals surface area contributed by atoms with Gasteiger partial charge in [0.2, 0.25) is 10.0 Å². The Morgan fingerprint density at radius 3 is 2.61 bits per heavy atom. The smallest absolute Gasteiger partial charge is 0.250 e.